The second-order valence-corrected chi connectivity index (χ2v) is 7.82. The van der Waals surface area contributed by atoms with Gasteiger partial charge in [0, 0.05) is 20.3 Å². The van der Waals surface area contributed by atoms with E-state index in [1.54, 1.807) is 0 Å². The molecule has 1 aromatic heterocycles. The van der Waals surface area contributed by atoms with Gasteiger partial charge in [-0.25, -0.2) is 0 Å². The Morgan fingerprint density at radius 3 is 2.52 bits per heavy atom. The third-order valence-electron chi connectivity index (χ3n) is 3.39. The molecule has 0 aliphatic heterocycles. The summed E-state index contributed by atoms with van der Waals surface area (Å²) in [6.07, 6.45) is 0. The van der Waals surface area contributed by atoms with Gasteiger partial charge in [-0.1, -0.05) is 30.7 Å². The first-order valence-electron chi connectivity index (χ1n) is 6.77. The van der Waals surface area contributed by atoms with Crippen molar-refractivity contribution in [2.24, 2.45) is 0 Å². The molecule has 2 nitrogen and oxygen atoms in total. The molecule has 0 fully saturated rings. The maximum Gasteiger partial charge on any atom is 0.151 e. The molecule has 4 heteroatoms. The Morgan fingerprint density at radius 1 is 1.14 bits per heavy atom. The summed E-state index contributed by atoms with van der Waals surface area (Å²) in [5.41, 5.74) is 2.92. The van der Waals surface area contributed by atoms with E-state index in [4.69, 9.17) is 4.42 Å². The molecule has 1 unspecified atom stereocenters. The van der Waals surface area contributed by atoms with Crippen LogP contribution in [0.1, 0.15) is 12.5 Å². The van der Waals surface area contributed by atoms with Crippen LogP contribution in [0.2, 0.25) is 0 Å². The zero-order valence-electron chi connectivity index (χ0n) is 11.9. The highest BCUT2D eigenvalue weighted by Crippen LogP contribution is 2.36. The lowest BCUT2D eigenvalue weighted by atomic mass is 10.1. The molecule has 1 atom stereocenters. The van der Waals surface area contributed by atoms with E-state index in [0.29, 0.717) is 5.75 Å². The first-order valence-corrected chi connectivity index (χ1v) is 9.17. The van der Waals surface area contributed by atoms with E-state index in [9.17, 15) is 4.21 Å². The van der Waals surface area contributed by atoms with Crippen LogP contribution in [0.15, 0.2) is 51.8 Å². The predicted octanol–water partition coefficient (Wildman–Crippen LogP) is 5.14. The molecule has 0 aliphatic rings. The van der Waals surface area contributed by atoms with E-state index in [1.807, 2.05) is 50.2 Å². The van der Waals surface area contributed by atoms with Crippen molar-refractivity contribution >= 4 is 44.4 Å². The first-order chi connectivity index (χ1) is 10.1. The van der Waals surface area contributed by atoms with Crippen LogP contribution < -0.4 is 0 Å². The monoisotopic (exact) mass is 410 g/mol. The Bertz CT molecular complexity index is 819. The van der Waals surface area contributed by atoms with E-state index in [2.05, 4.69) is 28.7 Å². The number of halogens is 1. The van der Waals surface area contributed by atoms with Gasteiger partial charge in [0.1, 0.15) is 5.58 Å². The molecule has 0 saturated heterocycles. The number of hydrogen-bond donors (Lipinski definition) is 0. The predicted molar refractivity (Wildman–Crippen MR) is 96.1 cm³/mol. The number of furan rings is 1. The van der Waals surface area contributed by atoms with Crippen molar-refractivity contribution in [3.8, 4) is 11.3 Å². The molecule has 21 heavy (non-hydrogen) atoms. The number of aryl methyl sites for hydroxylation is 1. The molecule has 0 spiro atoms. The standard InChI is InChI=1S/C17H15IO2S/c1-3-21(19)17-14-10-11(2)4-9-15(14)20-16(17)12-5-7-13(18)8-6-12/h4-10H,3H2,1-2H3. The highest BCUT2D eigenvalue weighted by atomic mass is 127. The van der Waals surface area contributed by atoms with Crippen LogP contribution >= 0.6 is 22.6 Å². The van der Waals surface area contributed by atoms with Gasteiger partial charge in [-0.3, -0.25) is 4.21 Å². The van der Waals surface area contributed by atoms with Gasteiger partial charge in [-0.2, -0.15) is 0 Å². The molecular formula is C17H15IO2S. The number of hydrogen-bond acceptors (Lipinski definition) is 2. The summed E-state index contributed by atoms with van der Waals surface area (Å²) in [4.78, 5) is 0.817. The van der Waals surface area contributed by atoms with Gasteiger partial charge >= 0.3 is 0 Å². The second kappa shape index (κ2) is 5.93. The summed E-state index contributed by atoms with van der Waals surface area (Å²) in [5, 5.41) is 0.962. The van der Waals surface area contributed by atoms with Crippen molar-refractivity contribution in [3.05, 3.63) is 51.6 Å². The topological polar surface area (TPSA) is 30.2 Å². The molecule has 0 N–H and O–H groups in total. The van der Waals surface area contributed by atoms with Crippen molar-refractivity contribution in [2.45, 2.75) is 18.7 Å². The summed E-state index contributed by atoms with van der Waals surface area (Å²) >= 11 is 2.27. The van der Waals surface area contributed by atoms with E-state index in [-0.39, 0.29) is 0 Å². The summed E-state index contributed by atoms with van der Waals surface area (Å²) < 4.78 is 19.7. The van der Waals surface area contributed by atoms with E-state index < -0.39 is 10.8 Å². The van der Waals surface area contributed by atoms with Gasteiger partial charge in [0.25, 0.3) is 0 Å². The summed E-state index contributed by atoms with van der Waals surface area (Å²) in [6.45, 7) is 3.97. The summed E-state index contributed by atoms with van der Waals surface area (Å²) in [6, 6.07) is 14.1. The van der Waals surface area contributed by atoms with Gasteiger partial charge in [-0.15, -0.1) is 0 Å². The first kappa shape index (κ1) is 14.8. The van der Waals surface area contributed by atoms with Crippen LogP contribution in [0.25, 0.3) is 22.3 Å². The lowest BCUT2D eigenvalue weighted by molar-refractivity contribution is 0.622. The Morgan fingerprint density at radius 2 is 1.86 bits per heavy atom. The minimum Gasteiger partial charge on any atom is -0.455 e. The van der Waals surface area contributed by atoms with Gasteiger partial charge in [0.2, 0.25) is 0 Å². The normalized spacial score (nSPS) is 12.7. The van der Waals surface area contributed by atoms with Gasteiger partial charge in [-0.05, 0) is 53.8 Å². The van der Waals surface area contributed by atoms with Crippen LogP contribution in [0, 0.1) is 10.5 Å². The second-order valence-electron chi connectivity index (χ2n) is 4.90. The summed E-state index contributed by atoms with van der Waals surface area (Å²) in [5.74, 6) is 1.31. The molecule has 3 rings (SSSR count). The van der Waals surface area contributed by atoms with Crippen molar-refractivity contribution in [1.29, 1.82) is 0 Å². The third kappa shape index (κ3) is 2.79. The number of fused-ring (bicyclic) bond motifs is 1. The Kier molecular flexibility index (Phi) is 4.17. The SMILES string of the molecule is CCS(=O)c1c(-c2ccc(I)cc2)oc2ccc(C)cc12. The Balaban J connectivity index is 2.30. The lowest BCUT2D eigenvalue weighted by Gasteiger charge is -2.02. The molecule has 108 valence electrons. The number of rotatable bonds is 3. The third-order valence-corrected chi connectivity index (χ3v) is 5.50. The van der Waals surface area contributed by atoms with Crippen molar-refractivity contribution in [1.82, 2.24) is 0 Å². The van der Waals surface area contributed by atoms with Gasteiger partial charge in [0.15, 0.2) is 5.76 Å². The fourth-order valence-electron chi connectivity index (χ4n) is 2.35. The molecule has 1 heterocycles. The van der Waals surface area contributed by atoms with E-state index >= 15 is 0 Å². The van der Waals surface area contributed by atoms with E-state index in [1.165, 1.54) is 3.57 Å². The van der Waals surface area contributed by atoms with Crippen molar-refractivity contribution in [3.63, 3.8) is 0 Å². The van der Waals surface area contributed by atoms with Gasteiger partial charge in [0.05, 0.1) is 15.7 Å². The van der Waals surface area contributed by atoms with Crippen molar-refractivity contribution in [2.75, 3.05) is 5.75 Å². The fourth-order valence-corrected chi connectivity index (χ4v) is 3.77. The molecule has 0 saturated carbocycles. The minimum absolute atomic E-state index is 0.583. The van der Waals surface area contributed by atoms with Crippen LogP contribution in [0.4, 0.5) is 0 Å². The van der Waals surface area contributed by atoms with E-state index in [0.717, 1.165) is 32.8 Å². The largest absolute Gasteiger partial charge is 0.455 e. The maximum absolute atomic E-state index is 12.5. The zero-order chi connectivity index (χ0) is 15.0. The van der Waals surface area contributed by atoms with Crippen LogP contribution in [0.5, 0.6) is 0 Å². The maximum atomic E-state index is 12.5. The van der Waals surface area contributed by atoms with Crippen LogP contribution in [-0.2, 0) is 10.8 Å². The molecular weight excluding hydrogens is 395 g/mol. The minimum atomic E-state index is -1.06. The average molecular weight is 410 g/mol. The lowest BCUT2D eigenvalue weighted by Crippen LogP contribution is -1.95. The zero-order valence-corrected chi connectivity index (χ0v) is 14.8. The highest BCUT2D eigenvalue weighted by molar-refractivity contribution is 14.1. The summed E-state index contributed by atoms with van der Waals surface area (Å²) in [7, 11) is -1.06. The van der Waals surface area contributed by atoms with Crippen molar-refractivity contribution < 1.29 is 8.63 Å². The fraction of sp³-hybridized carbons (Fsp3) is 0.176. The highest BCUT2D eigenvalue weighted by Gasteiger charge is 2.20. The smallest absolute Gasteiger partial charge is 0.151 e. The number of benzene rings is 2. The van der Waals surface area contributed by atoms with Gasteiger partial charge < -0.3 is 4.42 Å². The molecule has 3 aromatic rings. The average Bonchev–Trinajstić information content (AvgIpc) is 2.85. The van der Waals surface area contributed by atoms with Crippen LogP contribution in [0.3, 0.4) is 0 Å². The quantitative estimate of drug-likeness (QED) is 0.560. The Hall–Kier alpha value is -1.14. The molecule has 0 bridgehead atoms. The molecule has 2 aromatic carbocycles. The Labute approximate surface area is 140 Å². The van der Waals surface area contributed by atoms with Crippen LogP contribution in [-0.4, -0.2) is 9.96 Å². The molecule has 0 radical (unpaired) electrons. The molecule has 0 amide bonds. The molecule has 0 aliphatic carbocycles.